The molecule has 1 aliphatic rings. The molecule has 1 aromatic heterocycles. The molecule has 1 saturated heterocycles. The number of aromatic nitrogens is 1. The van der Waals surface area contributed by atoms with E-state index in [-0.39, 0.29) is 35.0 Å². The minimum absolute atomic E-state index is 0.0476. The fourth-order valence-electron chi connectivity index (χ4n) is 2.85. The molecule has 0 aromatic carbocycles. The molecule has 1 aromatic rings. The smallest absolute Gasteiger partial charge is 0.340 e. The SMILES string of the molecule is COC(=O)c1cccnc1C(=O)N1CCC(C(=O)N[C@H](C)C(C)C)CC1. The van der Waals surface area contributed by atoms with E-state index in [0.717, 1.165) is 0 Å². The third-order valence-corrected chi connectivity index (χ3v) is 4.94. The molecule has 0 unspecified atom stereocenters. The number of nitrogens with one attached hydrogen (secondary N) is 1. The van der Waals surface area contributed by atoms with Crippen LogP contribution in [0, 0.1) is 11.8 Å². The summed E-state index contributed by atoms with van der Waals surface area (Å²) in [4.78, 5) is 42.6. The summed E-state index contributed by atoms with van der Waals surface area (Å²) >= 11 is 0. The van der Waals surface area contributed by atoms with E-state index in [9.17, 15) is 14.4 Å². The number of methoxy groups -OCH3 is 1. The van der Waals surface area contributed by atoms with Crippen molar-refractivity contribution in [3.8, 4) is 0 Å². The van der Waals surface area contributed by atoms with Crippen molar-refractivity contribution in [2.45, 2.75) is 39.7 Å². The lowest BCUT2D eigenvalue weighted by Gasteiger charge is -2.32. The molecule has 1 atom stereocenters. The predicted molar refractivity (Wildman–Crippen MR) is 96.6 cm³/mol. The predicted octanol–water partition coefficient (Wildman–Crippen LogP) is 1.88. The standard InChI is InChI=1S/C19H27N3O4/c1-12(2)13(3)21-17(23)14-7-10-22(11-8-14)18(24)16-15(19(25)26-4)6-5-9-20-16/h5-6,9,12-14H,7-8,10-11H2,1-4H3,(H,21,23)/t13-/m1/s1. The molecule has 1 fully saturated rings. The Kier molecular flexibility index (Phi) is 6.71. The van der Waals surface area contributed by atoms with Crippen molar-refractivity contribution in [3.63, 3.8) is 0 Å². The fraction of sp³-hybridized carbons (Fsp3) is 0.579. The van der Waals surface area contributed by atoms with Gasteiger partial charge in [0.25, 0.3) is 5.91 Å². The van der Waals surface area contributed by atoms with Crippen molar-refractivity contribution in [2.75, 3.05) is 20.2 Å². The molecule has 0 radical (unpaired) electrons. The van der Waals surface area contributed by atoms with Gasteiger partial charge in [-0.3, -0.25) is 14.6 Å². The summed E-state index contributed by atoms with van der Waals surface area (Å²) < 4.78 is 4.72. The molecule has 1 N–H and O–H groups in total. The van der Waals surface area contributed by atoms with E-state index in [1.54, 1.807) is 11.0 Å². The number of hydrogen-bond donors (Lipinski definition) is 1. The summed E-state index contributed by atoms with van der Waals surface area (Å²) in [7, 11) is 1.27. The Hall–Kier alpha value is -2.44. The highest BCUT2D eigenvalue weighted by Crippen LogP contribution is 2.20. The van der Waals surface area contributed by atoms with Crippen LogP contribution >= 0.6 is 0 Å². The van der Waals surface area contributed by atoms with E-state index in [1.807, 2.05) is 6.92 Å². The topological polar surface area (TPSA) is 88.6 Å². The van der Waals surface area contributed by atoms with E-state index in [2.05, 4.69) is 24.1 Å². The molecule has 0 bridgehead atoms. The second-order valence-corrected chi connectivity index (χ2v) is 7.00. The van der Waals surface area contributed by atoms with Crippen molar-refractivity contribution in [2.24, 2.45) is 11.8 Å². The summed E-state index contributed by atoms with van der Waals surface area (Å²) in [5, 5.41) is 3.04. The molecular formula is C19H27N3O4. The van der Waals surface area contributed by atoms with Gasteiger partial charge in [0, 0.05) is 31.2 Å². The molecule has 7 heteroatoms. The second kappa shape index (κ2) is 8.78. The fourth-order valence-corrected chi connectivity index (χ4v) is 2.85. The quantitative estimate of drug-likeness (QED) is 0.809. The van der Waals surface area contributed by atoms with Gasteiger partial charge >= 0.3 is 5.97 Å². The van der Waals surface area contributed by atoms with E-state index in [4.69, 9.17) is 4.74 Å². The molecule has 0 spiro atoms. The van der Waals surface area contributed by atoms with Crippen LogP contribution in [-0.2, 0) is 9.53 Å². The number of likely N-dealkylation sites (tertiary alicyclic amines) is 1. The molecule has 26 heavy (non-hydrogen) atoms. The van der Waals surface area contributed by atoms with E-state index in [1.165, 1.54) is 19.4 Å². The summed E-state index contributed by atoms with van der Waals surface area (Å²) in [6, 6.07) is 3.24. The Morgan fingerprint density at radius 3 is 2.46 bits per heavy atom. The summed E-state index contributed by atoms with van der Waals surface area (Å²) in [6.07, 6.45) is 2.68. The molecule has 142 valence electrons. The molecule has 0 saturated carbocycles. The van der Waals surface area contributed by atoms with Gasteiger partial charge in [0.15, 0.2) is 0 Å². The number of carbonyl (C=O) groups is 3. The first-order valence-electron chi connectivity index (χ1n) is 8.98. The number of amides is 2. The lowest BCUT2D eigenvalue weighted by molar-refractivity contribution is -0.127. The first kappa shape index (κ1) is 19.9. The average Bonchev–Trinajstić information content (AvgIpc) is 2.66. The average molecular weight is 361 g/mol. The maximum Gasteiger partial charge on any atom is 0.340 e. The van der Waals surface area contributed by atoms with E-state index < -0.39 is 5.97 Å². The summed E-state index contributed by atoms with van der Waals surface area (Å²) in [6.45, 7) is 7.06. The maximum absolute atomic E-state index is 12.7. The highest BCUT2D eigenvalue weighted by molar-refractivity contribution is 6.03. The number of nitrogens with zero attached hydrogens (tertiary/aromatic N) is 2. The van der Waals surface area contributed by atoms with Gasteiger partial charge in [-0.2, -0.15) is 0 Å². The maximum atomic E-state index is 12.7. The lowest BCUT2D eigenvalue weighted by atomic mass is 9.94. The second-order valence-electron chi connectivity index (χ2n) is 7.00. The van der Waals surface area contributed by atoms with E-state index >= 15 is 0 Å². The summed E-state index contributed by atoms with van der Waals surface area (Å²) in [5.41, 5.74) is 0.251. The zero-order valence-corrected chi connectivity index (χ0v) is 15.8. The first-order chi connectivity index (χ1) is 12.3. The van der Waals surface area contributed by atoms with Crippen LogP contribution < -0.4 is 5.32 Å². The number of ether oxygens (including phenoxy) is 1. The molecule has 2 amide bonds. The van der Waals surface area contributed by atoms with Gasteiger partial charge < -0.3 is 15.0 Å². The zero-order chi connectivity index (χ0) is 19.3. The van der Waals surface area contributed by atoms with E-state index in [0.29, 0.717) is 31.8 Å². The van der Waals surface area contributed by atoms with Crippen LogP contribution in [0.25, 0.3) is 0 Å². The van der Waals surface area contributed by atoms with Crippen molar-refractivity contribution in [1.29, 1.82) is 0 Å². The zero-order valence-electron chi connectivity index (χ0n) is 15.8. The molecule has 1 aliphatic heterocycles. The third-order valence-electron chi connectivity index (χ3n) is 4.94. The van der Waals surface area contributed by atoms with Crippen molar-refractivity contribution in [1.82, 2.24) is 15.2 Å². The minimum atomic E-state index is -0.585. The Balaban J connectivity index is 1.99. The monoisotopic (exact) mass is 361 g/mol. The number of pyridine rings is 1. The van der Waals surface area contributed by atoms with Gasteiger partial charge in [-0.05, 0) is 37.8 Å². The Morgan fingerprint density at radius 1 is 1.23 bits per heavy atom. The number of esters is 1. The Morgan fingerprint density at radius 2 is 1.88 bits per heavy atom. The van der Waals surface area contributed by atoms with Crippen LogP contribution in [0.5, 0.6) is 0 Å². The van der Waals surface area contributed by atoms with Crippen LogP contribution in [0.3, 0.4) is 0 Å². The number of hydrogen-bond acceptors (Lipinski definition) is 5. The van der Waals surface area contributed by atoms with Crippen LogP contribution in [0.1, 0.15) is 54.5 Å². The van der Waals surface area contributed by atoms with Gasteiger partial charge in [0.1, 0.15) is 5.69 Å². The highest BCUT2D eigenvalue weighted by atomic mass is 16.5. The van der Waals surface area contributed by atoms with Gasteiger partial charge in [0.2, 0.25) is 5.91 Å². The minimum Gasteiger partial charge on any atom is -0.465 e. The normalized spacial score (nSPS) is 16.3. The Bertz CT molecular complexity index is 667. The van der Waals surface area contributed by atoms with Crippen LogP contribution in [0.4, 0.5) is 0 Å². The third kappa shape index (κ3) is 4.59. The van der Waals surface area contributed by atoms with Gasteiger partial charge in [-0.1, -0.05) is 13.8 Å². The largest absolute Gasteiger partial charge is 0.465 e. The molecule has 2 heterocycles. The van der Waals surface area contributed by atoms with Crippen molar-refractivity contribution >= 4 is 17.8 Å². The van der Waals surface area contributed by atoms with Crippen molar-refractivity contribution in [3.05, 3.63) is 29.6 Å². The van der Waals surface area contributed by atoms with Crippen LogP contribution in [-0.4, -0.2) is 53.9 Å². The van der Waals surface area contributed by atoms with Crippen LogP contribution in [0.2, 0.25) is 0 Å². The van der Waals surface area contributed by atoms with Gasteiger partial charge in [-0.15, -0.1) is 0 Å². The van der Waals surface area contributed by atoms with Crippen molar-refractivity contribution < 1.29 is 19.1 Å². The van der Waals surface area contributed by atoms with Gasteiger partial charge in [0.05, 0.1) is 12.7 Å². The highest BCUT2D eigenvalue weighted by Gasteiger charge is 2.30. The molecule has 0 aliphatic carbocycles. The molecular weight excluding hydrogens is 334 g/mol. The molecule has 7 nitrogen and oxygen atoms in total. The number of carbonyl (C=O) groups excluding carboxylic acids is 3. The number of piperidine rings is 1. The number of rotatable bonds is 5. The first-order valence-corrected chi connectivity index (χ1v) is 8.98. The Labute approximate surface area is 154 Å². The van der Waals surface area contributed by atoms with Gasteiger partial charge in [-0.25, -0.2) is 4.79 Å². The van der Waals surface area contributed by atoms with Crippen LogP contribution in [0.15, 0.2) is 18.3 Å². The molecule has 2 rings (SSSR count). The lowest BCUT2D eigenvalue weighted by Crippen LogP contribution is -2.46. The summed E-state index contributed by atoms with van der Waals surface area (Å²) in [5.74, 6) is -0.559.